The Morgan fingerprint density at radius 2 is 1.59 bits per heavy atom. The van der Waals surface area contributed by atoms with Crippen molar-refractivity contribution in [2.75, 3.05) is 5.73 Å². The van der Waals surface area contributed by atoms with E-state index in [0.29, 0.717) is 16.8 Å². The van der Waals surface area contributed by atoms with Crippen molar-refractivity contribution >= 4 is 5.82 Å². The minimum Gasteiger partial charge on any atom is -0.406 e. The molecule has 0 saturated heterocycles. The van der Waals surface area contributed by atoms with Gasteiger partial charge in [0.05, 0.1) is 5.69 Å². The molecule has 1 heterocycles. The van der Waals surface area contributed by atoms with Crippen LogP contribution >= 0.6 is 0 Å². The van der Waals surface area contributed by atoms with Crippen LogP contribution in [-0.2, 0) is 0 Å². The molecule has 0 atom stereocenters. The Bertz CT molecular complexity index is 1000. The number of nitriles is 1. The van der Waals surface area contributed by atoms with Gasteiger partial charge in [-0.05, 0) is 30.7 Å². The highest BCUT2D eigenvalue weighted by atomic mass is 19.4. The third-order valence-corrected chi connectivity index (χ3v) is 3.91. The number of aromatic nitrogens is 1. The smallest absolute Gasteiger partial charge is 0.406 e. The Balaban J connectivity index is 2.06. The van der Waals surface area contributed by atoms with Crippen LogP contribution < -0.4 is 10.5 Å². The van der Waals surface area contributed by atoms with Gasteiger partial charge in [-0.3, -0.25) is 0 Å². The number of rotatable bonds is 3. The van der Waals surface area contributed by atoms with Gasteiger partial charge in [-0.15, -0.1) is 13.2 Å². The van der Waals surface area contributed by atoms with E-state index in [1.807, 2.05) is 37.3 Å². The molecule has 7 heteroatoms. The summed E-state index contributed by atoms with van der Waals surface area (Å²) in [5.74, 6) is -0.285. The average molecular weight is 369 g/mol. The van der Waals surface area contributed by atoms with Crippen molar-refractivity contribution in [3.05, 3.63) is 65.7 Å². The molecule has 27 heavy (non-hydrogen) atoms. The van der Waals surface area contributed by atoms with Gasteiger partial charge < -0.3 is 10.5 Å². The fraction of sp³-hybridized carbons (Fsp3) is 0.100. The Kier molecular flexibility index (Phi) is 4.74. The second-order valence-corrected chi connectivity index (χ2v) is 5.87. The molecule has 3 aromatic rings. The summed E-state index contributed by atoms with van der Waals surface area (Å²) >= 11 is 0. The fourth-order valence-electron chi connectivity index (χ4n) is 2.62. The van der Waals surface area contributed by atoms with Gasteiger partial charge in [0.2, 0.25) is 0 Å². The standard InChI is InChI=1S/C20H14F3N3O/c1-12-2-4-14(5-3-12)18-10-16(17(11-24)19(25)26-18)13-6-8-15(9-7-13)27-20(21,22)23/h2-10H,1H3,(H2,25,26). The van der Waals surface area contributed by atoms with Crippen molar-refractivity contribution in [2.24, 2.45) is 0 Å². The maximum absolute atomic E-state index is 12.3. The highest BCUT2D eigenvalue weighted by Crippen LogP contribution is 2.33. The summed E-state index contributed by atoms with van der Waals surface area (Å²) in [6.07, 6.45) is -4.76. The van der Waals surface area contributed by atoms with Gasteiger partial charge in [0.25, 0.3) is 0 Å². The van der Waals surface area contributed by atoms with E-state index in [-0.39, 0.29) is 17.1 Å². The largest absolute Gasteiger partial charge is 0.573 e. The molecular formula is C20H14F3N3O. The van der Waals surface area contributed by atoms with Crippen LogP contribution in [0.1, 0.15) is 11.1 Å². The van der Waals surface area contributed by atoms with E-state index in [1.165, 1.54) is 24.3 Å². The van der Waals surface area contributed by atoms with E-state index in [0.717, 1.165) is 11.1 Å². The Hall–Kier alpha value is -3.53. The predicted octanol–water partition coefficient (Wildman–Crippen LogP) is 5.08. The van der Waals surface area contributed by atoms with Crippen LogP contribution in [-0.4, -0.2) is 11.3 Å². The Morgan fingerprint density at radius 1 is 1.00 bits per heavy atom. The lowest BCUT2D eigenvalue weighted by Gasteiger charge is -2.12. The molecule has 4 nitrogen and oxygen atoms in total. The fourth-order valence-corrected chi connectivity index (χ4v) is 2.62. The van der Waals surface area contributed by atoms with Crippen LogP contribution in [0.5, 0.6) is 5.75 Å². The zero-order chi connectivity index (χ0) is 19.6. The third-order valence-electron chi connectivity index (χ3n) is 3.91. The topological polar surface area (TPSA) is 71.9 Å². The lowest BCUT2D eigenvalue weighted by Crippen LogP contribution is -2.16. The Labute approximate surface area is 153 Å². The first-order valence-corrected chi connectivity index (χ1v) is 7.90. The van der Waals surface area contributed by atoms with Crippen molar-refractivity contribution in [2.45, 2.75) is 13.3 Å². The first kappa shape index (κ1) is 18.3. The average Bonchev–Trinajstić information content (AvgIpc) is 2.61. The second-order valence-electron chi connectivity index (χ2n) is 5.87. The van der Waals surface area contributed by atoms with Gasteiger partial charge in [-0.1, -0.05) is 42.0 Å². The van der Waals surface area contributed by atoms with Crippen molar-refractivity contribution in [3.63, 3.8) is 0 Å². The van der Waals surface area contributed by atoms with Crippen molar-refractivity contribution in [1.29, 1.82) is 5.26 Å². The summed E-state index contributed by atoms with van der Waals surface area (Å²) in [5, 5.41) is 9.42. The minimum absolute atomic E-state index is 0.0567. The molecule has 0 aliphatic carbocycles. The number of benzene rings is 2. The van der Waals surface area contributed by atoms with Gasteiger partial charge in [0, 0.05) is 11.1 Å². The zero-order valence-corrected chi connectivity index (χ0v) is 14.2. The number of pyridine rings is 1. The predicted molar refractivity (Wildman–Crippen MR) is 95.7 cm³/mol. The molecule has 136 valence electrons. The number of hydrogen-bond acceptors (Lipinski definition) is 4. The van der Waals surface area contributed by atoms with E-state index in [4.69, 9.17) is 5.73 Å². The molecule has 3 rings (SSSR count). The minimum atomic E-state index is -4.76. The number of ether oxygens (including phenoxy) is 1. The van der Waals surface area contributed by atoms with Crippen LogP contribution in [0.2, 0.25) is 0 Å². The normalized spacial score (nSPS) is 11.1. The van der Waals surface area contributed by atoms with Crippen LogP contribution in [0.15, 0.2) is 54.6 Å². The zero-order valence-electron chi connectivity index (χ0n) is 14.2. The second kappa shape index (κ2) is 7.00. The molecule has 2 N–H and O–H groups in total. The van der Waals surface area contributed by atoms with Gasteiger partial charge in [0.15, 0.2) is 0 Å². The van der Waals surface area contributed by atoms with E-state index in [2.05, 4.69) is 9.72 Å². The van der Waals surface area contributed by atoms with Crippen molar-refractivity contribution in [3.8, 4) is 34.2 Å². The molecule has 0 radical (unpaired) electrons. The molecule has 0 aliphatic heterocycles. The van der Waals surface area contributed by atoms with Crippen LogP contribution in [0.4, 0.5) is 19.0 Å². The maximum atomic E-state index is 12.3. The molecule has 0 amide bonds. The van der Waals surface area contributed by atoms with E-state index in [9.17, 15) is 18.4 Å². The van der Waals surface area contributed by atoms with Crippen molar-refractivity contribution in [1.82, 2.24) is 4.98 Å². The number of nitrogens with two attached hydrogens (primary N) is 1. The van der Waals surface area contributed by atoms with Crippen LogP contribution in [0.25, 0.3) is 22.4 Å². The van der Waals surface area contributed by atoms with Gasteiger partial charge >= 0.3 is 6.36 Å². The number of nitrogen functional groups attached to an aromatic ring is 1. The van der Waals surface area contributed by atoms with E-state index < -0.39 is 6.36 Å². The first-order chi connectivity index (χ1) is 12.8. The summed E-state index contributed by atoms with van der Waals surface area (Å²) in [5.41, 5.74) is 9.59. The number of aryl methyl sites for hydroxylation is 1. The highest BCUT2D eigenvalue weighted by molar-refractivity contribution is 5.80. The Morgan fingerprint density at radius 3 is 2.15 bits per heavy atom. The molecule has 0 bridgehead atoms. The number of nitrogens with zero attached hydrogens (tertiary/aromatic N) is 2. The van der Waals surface area contributed by atoms with Crippen LogP contribution in [0, 0.1) is 18.3 Å². The quantitative estimate of drug-likeness (QED) is 0.699. The van der Waals surface area contributed by atoms with Crippen molar-refractivity contribution < 1.29 is 17.9 Å². The van der Waals surface area contributed by atoms with Gasteiger partial charge in [-0.25, -0.2) is 4.98 Å². The summed E-state index contributed by atoms with van der Waals surface area (Å²) in [4.78, 5) is 4.28. The molecule has 0 aliphatic rings. The molecule has 2 aromatic carbocycles. The highest BCUT2D eigenvalue weighted by Gasteiger charge is 2.31. The molecule has 0 spiro atoms. The number of hydrogen-bond donors (Lipinski definition) is 1. The maximum Gasteiger partial charge on any atom is 0.573 e. The lowest BCUT2D eigenvalue weighted by atomic mass is 9.98. The van der Waals surface area contributed by atoms with Gasteiger partial charge in [0.1, 0.15) is 23.2 Å². The van der Waals surface area contributed by atoms with E-state index in [1.54, 1.807) is 6.07 Å². The number of anilines is 1. The molecule has 0 saturated carbocycles. The molecule has 1 aromatic heterocycles. The van der Waals surface area contributed by atoms with Crippen LogP contribution in [0.3, 0.4) is 0 Å². The summed E-state index contributed by atoms with van der Waals surface area (Å²) < 4.78 is 40.8. The molecular weight excluding hydrogens is 355 g/mol. The number of halogens is 3. The van der Waals surface area contributed by atoms with E-state index >= 15 is 0 Å². The lowest BCUT2D eigenvalue weighted by molar-refractivity contribution is -0.274. The summed E-state index contributed by atoms with van der Waals surface area (Å²) in [7, 11) is 0. The van der Waals surface area contributed by atoms with Gasteiger partial charge in [-0.2, -0.15) is 5.26 Å². The molecule has 0 unspecified atom stereocenters. The SMILES string of the molecule is Cc1ccc(-c2cc(-c3ccc(OC(F)(F)F)cc3)c(C#N)c(N)n2)cc1. The third kappa shape index (κ3) is 4.18. The molecule has 0 fully saturated rings. The summed E-state index contributed by atoms with van der Waals surface area (Å²) in [6, 6.07) is 16.6. The summed E-state index contributed by atoms with van der Waals surface area (Å²) in [6.45, 7) is 1.96. The number of alkyl halides is 3. The first-order valence-electron chi connectivity index (χ1n) is 7.90. The monoisotopic (exact) mass is 369 g/mol.